The second-order valence-electron chi connectivity index (χ2n) is 7.44. The molecule has 146 valence electrons. The Morgan fingerprint density at radius 1 is 1.11 bits per heavy atom. The summed E-state index contributed by atoms with van der Waals surface area (Å²) in [6.45, 7) is 5.92. The number of anilines is 1. The third kappa shape index (κ3) is 4.86. The van der Waals surface area contributed by atoms with Gasteiger partial charge < -0.3 is 9.64 Å². The number of esters is 1. The molecule has 3 aromatic rings. The number of carbonyl (C=O) groups excluding carboxylic acids is 1. The van der Waals surface area contributed by atoms with Crippen LogP contribution in [0.15, 0.2) is 54.6 Å². The molecular weight excluding hydrogens is 376 g/mol. The van der Waals surface area contributed by atoms with Gasteiger partial charge in [0.15, 0.2) is 0 Å². The Bertz CT molecular complexity index is 1000. The summed E-state index contributed by atoms with van der Waals surface area (Å²) in [7, 11) is 0. The van der Waals surface area contributed by atoms with Crippen molar-refractivity contribution in [1.29, 1.82) is 0 Å². The van der Waals surface area contributed by atoms with Crippen LogP contribution in [0, 0.1) is 10.1 Å². The van der Waals surface area contributed by atoms with Crippen LogP contribution in [-0.2, 0) is 16.1 Å². The Balaban J connectivity index is 1.95. The van der Waals surface area contributed by atoms with Crippen LogP contribution in [0.3, 0.4) is 0 Å². The lowest BCUT2D eigenvalue weighted by Gasteiger charge is -2.27. The van der Waals surface area contributed by atoms with E-state index in [-0.39, 0.29) is 17.5 Å². The van der Waals surface area contributed by atoms with E-state index < -0.39 is 10.5 Å². The van der Waals surface area contributed by atoms with E-state index in [0.717, 1.165) is 32.7 Å². The summed E-state index contributed by atoms with van der Waals surface area (Å²) in [4.78, 5) is 25.8. The number of fused-ring (bicyclic) bond motifs is 1. The molecule has 6 nitrogen and oxygen atoms in total. The zero-order valence-electron chi connectivity index (χ0n) is 16.0. The molecule has 3 rings (SSSR count). The molecule has 0 aliphatic heterocycles. The summed E-state index contributed by atoms with van der Waals surface area (Å²) >= 11 is 1.12. The average molecular weight is 398 g/mol. The highest BCUT2D eigenvalue weighted by Gasteiger charge is 2.22. The highest BCUT2D eigenvalue weighted by Crippen LogP contribution is 2.31. The molecule has 0 amide bonds. The van der Waals surface area contributed by atoms with Gasteiger partial charge in [-0.25, -0.2) is 0 Å². The van der Waals surface area contributed by atoms with Crippen LogP contribution in [-0.4, -0.2) is 23.0 Å². The van der Waals surface area contributed by atoms with E-state index in [1.807, 2.05) is 68.1 Å². The first-order chi connectivity index (χ1) is 13.2. The topological polar surface area (TPSA) is 72.7 Å². The number of rotatable bonds is 6. The fourth-order valence-corrected chi connectivity index (χ4v) is 3.81. The minimum Gasteiger partial charge on any atom is -0.459 e. The van der Waals surface area contributed by atoms with Crippen molar-refractivity contribution in [1.82, 2.24) is 0 Å². The number of hydrogen-bond acceptors (Lipinski definition) is 6. The molecule has 0 radical (unpaired) electrons. The summed E-state index contributed by atoms with van der Waals surface area (Å²) in [6.07, 6.45) is 0. The quantitative estimate of drug-likeness (QED) is 0.326. The predicted octanol–water partition coefficient (Wildman–Crippen LogP) is 5.16. The monoisotopic (exact) mass is 398 g/mol. The molecule has 2 aromatic carbocycles. The van der Waals surface area contributed by atoms with E-state index in [9.17, 15) is 14.9 Å². The second kappa shape index (κ2) is 7.98. The number of ether oxygens (including phenoxy) is 1. The molecule has 0 N–H and O–H groups in total. The van der Waals surface area contributed by atoms with E-state index in [2.05, 4.69) is 0 Å². The molecule has 0 atom stereocenters. The smallest absolute Gasteiger partial charge is 0.326 e. The predicted molar refractivity (Wildman–Crippen MR) is 112 cm³/mol. The number of benzene rings is 2. The van der Waals surface area contributed by atoms with Gasteiger partial charge in [0.2, 0.25) is 0 Å². The lowest BCUT2D eigenvalue weighted by Crippen LogP contribution is -2.34. The minimum absolute atomic E-state index is 0.0526. The standard InChI is InChI=1S/C21H22N2O4S/c1-21(2,3)27-20(24)14-22(13-16-11-12-19(28-16)23(25)26)18-10-6-8-15-7-4-5-9-17(15)18/h4-12H,13-14H2,1-3H3. The van der Waals surface area contributed by atoms with Crippen molar-refractivity contribution < 1.29 is 14.5 Å². The summed E-state index contributed by atoms with van der Waals surface area (Å²) in [6, 6.07) is 17.1. The van der Waals surface area contributed by atoms with Crippen molar-refractivity contribution in [3.05, 3.63) is 69.6 Å². The highest BCUT2D eigenvalue weighted by atomic mass is 32.1. The Labute approximate surface area is 167 Å². The minimum atomic E-state index is -0.580. The first-order valence-corrected chi connectivity index (χ1v) is 9.72. The van der Waals surface area contributed by atoms with Crippen LogP contribution in [0.25, 0.3) is 10.8 Å². The van der Waals surface area contributed by atoms with Crippen LogP contribution in [0.5, 0.6) is 0 Å². The number of hydrogen-bond donors (Lipinski definition) is 0. The van der Waals surface area contributed by atoms with Crippen LogP contribution in [0.1, 0.15) is 25.6 Å². The zero-order chi connectivity index (χ0) is 20.3. The van der Waals surface area contributed by atoms with E-state index in [1.165, 1.54) is 6.07 Å². The lowest BCUT2D eigenvalue weighted by atomic mass is 10.1. The molecule has 1 heterocycles. The number of carbonyl (C=O) groups is 1. The number of thiophene rings is 1. The van der Waals surface area contributed by atoms with Crippen molar-refractivity contribution in [2.24, 2.45) is 0 Å². The molecular formula is C21H22N2O4S. The van der Waals surface area contributed by atoms with Crippen LogP contribution in [0.4, 0.5) is 10.7 Å². The van der Waals surface area contributed by atoms with Gasteiger partial charge in [0.05, 0.1) is 11.5 Å². The van der Waals surface area contributed by atoms with Gasteiger partial charge in [0.1, 0.15) is 12.1 Å². The van der Waals surface area contributed by atoms with Crippen molar-refractivity contribution in [2.45, 2.75) is 32.9 Å². The fourth-order valence-electron chi connectivity index (χ4n) is 2.98. The Morgan fingerprint density at radius 2 is 1.82 bits per heavy atom. The molecule has 0 saturated heterocycles. The van der Waals surface area contributed by atoms with Crippen LogP contribution in [0.2, 0.25) is 0 Å². The van der Waals surface area contributed by atoms with Gasteiger partial charge >= 0.3 is 11.0 Å². The van der Waals surface area contributed by atoms with Crippen molar-refractivity contribution in [2.75, 3.05) is 11.4 Å². The van der Waals surface area contributed by atoms with Crippen LogP contribution >= 0.6 is 11.3 Å². The summed E-state index contributed by atoms with van der Waals surface area (Å²) < 4.78 is 5.50. The van der Waals surface area contributed by atoms with Gasteiger partial charge in [0, 0.05) is 22.0 Å². The molecule has 0 aliphatic rings. The summed E-state index contributed by atoms with van der Waals surface area (Å²) in [5.74, 6) is -0.341. The zero-order valence-corrected chi connectivity index (χ0v) is 16.9. The van der Waals surface area contributed by atoms with Gasteiger partial charge in [-0.3, -0.25) is 14.9 Å². The van der Waals surface area contributed by atoms with E-state index in [0.29, 0.717) is 6.54 Å². The molecule has 0 saturated carbocycles. The van der Waals surface area contributed by atoms with Gasteiger partial charge in [-0.05, 0) is 38.3 Å². The molecule has 0 fully saturated rings. The third-order valence-electron chi connectivity index (χ3n) is 4.02. The van der Waals surface area contributed by atoms with Crippen molar-refractivity contribution in [3.8, 4) is 0 Å². The number of nitro groups is 1. The molecule has 28 heavy (non-hydrogen) atoms. The Hall–Kier alpha value is -2.93. The highest BCUT2D eigenvalue weighted by molar-refractivity contribution is 7.15. The third-order valence-corrected chi connectivity index (χ3v) is 5.04. The van der Waals surface area contributed by atoms with E-state index in [1.54, 1.807) is 6.07 Å². The average Bonchev–Trinajstić information content (AvgIpc) is 3.08. The van der Waals surface area contributed by atoms with E-state index in [4.69, 9.17) is 4.74 Å². The van der Waals surface area contributed by atoms with Crippen molar-refractivity contribution >= 4 is 38.8 Å². The van der Waals surface area contributed by atoms with Gasteiger partial charge in [-0.15, -0.1) is 0 Å². The molecule has 0 unspecified atom stereocenters. The lowest BCUT2D eigenvalue weighted by molar-refractivity contribution is -0.380. The molecule has 0 bridgehead atoms. The van der Waals surface area contributed by atoms with Crippen molar-refractivity contribution in [3.63, 3.8) is 0 Å². The number of nitrogens with zero attached hydrogens (tertiary/aromatic N) is 2. The maximum atomic E-state index is 12.5. The maximum absolute atomic E-state index is 12.5. The first kappa shape index (κ1) is 19.8. The van der Waals surface area contributed by atoms with Gasteiger partial charge in [0.25, 0.3) is 0 Å². The molecule has 1 aromatic heterocycles. The molecule has 0 aliphatic carbocycles. The molecule has 7 heteroatoms. The fraction of sp³-hybridized carbons (Fsp3) is 0.286. The van der Waals surface area contributed by atoms with Gasteiger partial charge in [-0.1, -0.05) is 47.7 Å². The maximum Gasteiger partial charge on any atom is 0.326 e. The Morgan fingerprint density at radius 3 is 2.50 bits per heavy atom. The largest absolute Gasteiger partial charge is 0.459 e. The summed E-state index contributed by atoms with van der Waals surface area (Å²) in [5, 5.41) is 13.2. The van der Waals surface area contributed by atoms with Crippen LogP contribution < -0.4 is 4.90 Å². The normalized spacial score (nSPS) is 11.4. The van der Waals surface area contributed by atoms with E-state index >= 15 is 0 Å². The SMILES string of the molecule is CC(C)(C)OC(=O)CN(Cc1ccc([N+](=O)[O-])s1)c1cccc2ccccc12. The Kier molecular flexibility index (Phi) is 5.65. The second-order valence-corrected chi connectivity index (χ2v) is 8.58. The van der Waals surface area contributed by atoms with Gasteiger partial charge in [-0.2, -0.15) is 0 Å². The summed E-state index contributed by atoms with van der Waals surface area (Å²) in [5.41, 5.74) is 0.309. The molecule has 0 spiro atoms. The first-order valence-electron chi connectivity index (χ1n) is 8.90.